The zero-order valence-electron chi connectivity index (χ0n) is 8.01. The molecule has 0 aromatic heterocycles. The Kier molecular flexibility index (Phi) is 2.89. The molecular formula is C9H10N2O4. The number of aliphatic carboxylic acids is 1. The molecule has 0 bridgehead atoms. The average Bonchev–Trinajstić information content (AvgIpc) is 2.15. The van der Waals surface area contributed by atoms with E-state index in [0.717, 1.165) is 0 Å². The van der Waals surface area contributed by atoms with Crippen molar-refractivity contribution in [3.63, 3.8) is 0 Å². The monoisotopic (exact) mass is 210 g/mol. The van der Waals surface area contributed by atoms with Crippen molar-refractivity contribution >= 4 is 17.3 Å². The fourth-order valence-electron chi connectivity index (χ4n) is 1.16. The first-order chi connectivity index (χ1) is 6.91. The molecule has 15 heavy (non-hydrogen) atoms. The van der Waals surface area contributed by atoms with Gasteiger partial charge in [-0.3, -0.25) is 14.9 Å². The van der Waals surface area contributed by atoms with E-state index in [9.17, 15) is 14.9 Å². The third kappa shape index (κ3) is 2.43. The number of nitrogens with two attached hydrogens (primary N) is 1. The number of anilines is 1. The molecule has 0 aliphatic heterocycles. The largest absolute Gasteiger partial charge is 0.481 e. The van der Waals surface area contributed by atoms with Crippen molar-refractivity contribution in [2.75, 3.05) is 5.73 Å². The highest BCUT2D eigenvalue weighted by Crippen LogP contribution is 2.24. The molecule has 0 saturated heterocycles. The van der Waals surface area contributed by atoms with Crippen LogP contribution in [-0.4, -0.2) is 16.0 Å². The van der Waals surface area contributed by atoms with E-state index in [0.29, 0.717) is 5.56 Å². The maximum absolute atomic E-state index is 10.7. The maximum Gasteiger partial charge on any atom is 0.310 e. The fourth-order valence-corrected chi connectivity index (χ4v) is 1.16. The van der Waals surface area contributed by atoms with Gasteiger partial charge in [-0.1, -0.05) is 0 Å². The van der Waals surface area contributed by atoms with Gasteiger partial charge in [0.15, 0.2) is 0 Å². The molecule has 0 aliphatic rings. The summed E-state index contributed by atoms with van der Waals surface area (Å²) in [6.45, 7) is 1.45. The Bertz CT molecular complexity index is 417. The van der Waals surface area contributed by atoms with Gasteiger partial charge < -0.3 is 10.8 Å². The molecule has 1 aromatic carbocycles. The van der Waals surface area contributed by atoms with Crippen LogP contribution in [0, 0.1) is 10.1 Å². The number of benzene rings is 1. The molecular weight excluding hydrogens is 200 g/mol. The maximum atomic E-state index is 10.7. The van der Waals surface area contributed by atoms with E-state index in [1.54, 1.807) is 0 Å². The van der Waals surface area contributed by atoms with Crippen LogP contribution in [0.1, 0.15) is 18.4 Å². The lowest BCUT2D eigenvalue weighted by Gasteiger charge is -2.07. The second-order valence-electron chi connectivity index (χ2n) is 3.17. The van der Waals surface area contributed by atoms with E-state index in [1.807, 2.05) is 0 Å². The van der Waals surface area contributed by atoms with E-state index < -0.39 is 16.8 Å². The van der Waals surface area contributed by atoms with E-state index in [-0.39, 0.29) is 11.4 Å². The van der Waals surface area contributed by atoms with Gasteiger partial charge >= 0.3 is 5.97 Å². The molecule has 1 atom stereocenters. The molecule has 0 aliphatic carbocycles. The predicted octanol–water partition coefficient (Wildman–Crippen LogP) is 1.37. The third-order valence-electron chi connectivity index (χ3n) is 2.04. The van der Waals surface area contributed by atoms with Crippen LogP contribution in [0.15, 0.2) is 18.2 Å². The van der Waals surface area contributed by atoms with Crippen LogP contribution >= 0.6 is 0 Å². The zero-order valence-corrected chi connectivity index (χ0v) is 8.01. The van der Waals surface area contributed by atoms with Crippen LogP contribution in [-0.2, 0) is 4.79 Å². The van der Waals surface area contributed by atoms with E-state index >= 15 is 0 Å². The van der Waals surface area contributed by atoms with Gasteiger partial charge in [0.1, 0.15) is 0 Å². The summed E-state index contributed by atoms with van der Waals surface area (Å²) in [6.07, 6.45) is 0. The summed E-state index contributed by atoms with van der Waals surface area (Å²) in [6, 6.07) is 3.83. The van der Waals surface area contributed by atoms with Crippen molar-refractivity contribution in [2.24, 2.45) is 0 Å². The van der Waals surface area contributed by atoms with Gasteiger partial charge in [0.25, 0.3) is 5.69 Å². The number of nitrogen functional groups attached to an aromatic ring is 1. The Balaban J connectivity index is 3.20. The summed E-state index contributed by atoms with van der Waals surface area (Å²) in [5, 5.41) is 19.2. The number of non-ortho nitro benzene ring substituents is 1. The van der Waals surface area contributed by atoms with Crippen molar-refractivity contribution in [3.05, 3.63) is 33.9 Å². The summed E-state index contributed by atoms with van der Waals surface area (Å²) < 4.78 is 0. The quantitative estimate of drug-likeness (QED) is 0.445. The Hall–Kier alpha value is -2.11. The number of carbonyl (C=O) groups is 1. The topological polar surface area (TPSA) is 106 Å². The molecule has 0 spiro atoms. The van der Waals surface area contributed by atoms with Crippen LogP contribution in [0.3, 0.4) is 0 Å². The zero-order chi connectivity index (χ0) is 11.6. The highest BCUT2D eigenvalue weighted by Gasteiger charge is 2.17. The lowest BCUT2D eigenvalue weighted by molar-refractivity contribution is -0.384. The molecule has 6 heteroatoms. The first-order valence-corrected chi connectivity index (χ1v) is 4.19. The number of rotatable bonds is 3. The minimum absolute atomic E-state index is 0.187. The fraction of sp³-hybridized carbons (Fsp3) is 0.222. The second-order valence-corrected chi connectivity index (χ2v) is 3.17. The van der Waals surface area contributed by atoms with Gasteiger partial charge in [-0.25, -0.2) is 0 Å². The SMILES string of the molecule is CC(C(=O)O)c1cc(N)cc([N+](=O)[O-])c1. The van der Waals surface area contributed by atoms with Gasteiger partial charge in [-0.2, -0.15) is 0 Å². The minimum atomic E-state index is -1.05. The van der Waals surface area contributed by atoms with E-state index in [4.69, 9.17) is 10.8 Å². The molecule has 3 N–H and O–H groups in total. The molecule has 6 nitrogen and oxygen atoms in total. The number of carboxylic acids is 1. The van der Waals surface area contributed by atoms with Crippen molar-refractivity contribution in [1.82, 2.24) is 0 Å². The van der Waals surface area contributed by atoms with Crippen molar-refractivity contribution in [1.29, 1.82) is 0 Å². The molecule has 1 aromatic rings. The minimum Gasteiger partial charge on any atom is -0.481 e. The third-order valence-corrected chi connectivity index (χ3v) is 2.04. The molecule has 0 fully saturated rings. The number of carboxylic acid groups (broad SMARTS) is 1. The molecule has 1 rings (SSSR count). The number of nitro benzene ring substituents is 1. The van der Waals surface area contributed by atoms with Gasteiger partial charge in [-0.15, -0.1) is 0 Å². The second kappa shape index (κ2) is 3.95. The highest BCUT2D eigenvalue weighted by atomic mass is 16.6. The number of nitrogens with zero attached hydrogens (tertiary/aromatic N) is 1. The molecule has 0 saturated carbocycles. The first kappa shape index (κ1) is 11.0. The van der Waals surface area contributed by atoms with Gasteiger partial charge in [0.05, 0.1) is 10.8 Å². The normalized spacial score (nSPS) is 12.1. The van der Waals surface area contributed by atoms with Crippen molar-refractivity contribution < 1.29 is 14.8 Å². The van der Waals surface area contributed by atoms with Crippen LogP contribution in [0.5, 0.6) is 0 Å². The number of hydrogen-bond donors (Lipinski definition) is 2. The van der Waals surface area contributed by atoms with Crippen LogP contribution < -0.4 is 5.73 Å². The molecule has 0 radical (unpaired) electrons. The van der Waals surface area contributed by atoms with Gasteiger partial charge in [0, 0.05) is 17.8 Å². The Morgan fingerprint density at radius 3 is 2.60 bits per heavy atom. The van der Waals surface area contributed by atoms with Crippen molar-refractivity contribution in [2.45, 2.75) is 12.8 Å². The van der Waals surface area contributed by atoms with Crippen LogP contribution in [0.2, 0.25) is 0 Å². The Morgan fingerprint density at radius 2 is 2.13 bits per heavy atom. The Labute approximate surface area is 85.5 Å². The standard InChI is InChI=1S/C9H10N2O4/c1-5(9(12)13)6-2-7(10)4-8(3-6)11(14)15/h2-5H,10H2,1H3,(H,12,13). The van der Waals surface area contributed by atoms with Gasteiger partial charge in [-0.05, 0) is 18.6 Å². The van der Waals surface area contributed by atoms with Crippen LogP contribution in [0.25, 0.3) is 0 Å². The first-order valence-electron chi connectivity index (χ1n) is 4.19. The lowest BCUT2D eigenvalue weighted by Crippen LogP contribution is -2.08. The molecule has 0 heterocycles. The van der Waals surface area contributed by atoms with Crippen LogP contribution in [0.4, 0.5) is 11.4 Å². The number of hydrogen-bond acceptors (Lipinski definition) is 4. The van der Waals surface area contributed by atoms with Crippen molar-refractivity contribution in [3.8, 4) is 0 Å². The summed E-state index contributed by atoms with van der Waals surface area (Å²) >= 11 is 0. The summed E-state index contributed by atoms with van der Waals surface area (Å²) in [4.78, 5) is 20.6. The summed E-state index contributed by atoms with van der Waals surface area (Å²) in [5.74, 6) is -1.86. The lowest BCUT2D eigenvalue weighted by atomic mass is 10.0. The molecule has 0 amide bonds. The molecule has 1 unspecified atom stereocenters. The predicted molar refractivity (Wildman–Crippen MR) is 53.6 cm³/mol. The summed E-state index contributed by atoms with van der Waals surface area (Å²) in [7, 11) is 0. The van der Waals surface area contributed by atoms with Gasteiger partial charge in [0.2, 0.25) is 0 Å². The highest BCUT2D eigenvalue weighted by molar-refractivity contribution is 5.76. The number of nitro groups is 1. The Morgan fingerprint density at radius 1 is 1.53 bits per heavy atom. The van der Waals surface area contributed by atoms with E-state index in [2.05, 4.69) is 0 Å². The molecule has 80 valence electrons. The summed E-state index contributed by atoms with van der Waals surface area (Å²) in [5.41, 5.74) is 5.76. The average molecular weight is 210 g/mol. The van der Waals surface area contributed by atoms with E-state index in [1.165, 1.54) is 25.1 Å². The smallest absolute Gasteiger partial charge is 0.310 e.